The molecular weight excluding hydrogens is 490 g/mol. The van der Waals surface area contributed by atoms with Gasteiger partial charge in [0.25, 0.3) is 0 Å². The highest BCUT2D eigenvalue weighted by Crippen LogP contribution is 2.44. The number of fused-ring (bicyclic) bond motifs is 1. The summed E-state index contributed by atoms with van der Waals surface area (Å²) in [6, 6.07) is 20.7. The fraction of sp³-hybridized carbons (Fsp3) is 0.375. The number of halogens is 4. The van der Waals surface area contributed by atoms with Crippen molar-refractivity contribution in [3.63, 3.8) is 0 Å². The Morgan fingerprint density at radius 2 is 1.68 bits per heavy atom. The molecule has 3 aromatic carbocycles. The molecule has 0 saturated carbocycles. The van der Waals surface area contributed by atoms with Gasteiger partial charge in [0.1, 0.15) is 5.75 Å². The van der Waals surface area contributed by atoms with Crippen LogP contribution in [0.2, 0.25) is 0 Å². The van der Waals surface area contributed by atoms with Crippen molar-refractivity contribution in [3.8, 4) is 5.75 Å². The van der Waals surface area contributed by atoms with Gasteiger partial charge in [-0.3, -0.25) is 4.39 Å². The van der Waals surface area contributed by atoms with Crippen LogP contribution in [0.25, 0.3) is 11.1 Å². The third-order valence-corrected chi connectivity index (χ3v) is 7.72. The van der Waals surface area contributed by atoms with E-state index < -0.39 is 11.7 Å². The topological polar surface area (TPSA) is 12.5 Å². The lowest BCUT2D eigenvalue weighted by atomic mass is 9.86. The van der Waals surface area contributed by atoms with Crippen molar-refractivity contribution in [2.45, 2.75) is 38.3 Å². The van der Waals surface area contributed by atoms with Crippen molar-refractivity contribution in [2.24, 2.45) is 5.92 Å². The zero-order valence-electron chi connectivity index (χ0n) is 21.7. The molecule has 1 saturated heterocycles. The molecule has 0 spiro atoms. The molecule has 5 rings (SSSR count). The maximum Gasteiger partial charge on any atom is 0.416 e. The SMILES string of the molecule is COc1cc(C(F)(F)F)ccc1C1=C(c2ccc(CC3CN(CCCF)C3)cc2)c2ccccc2CCC1. The summed E-state index contributed by atoms with van der Waals surface area (Å²) >= 11 is 0. The van der Waals surface area contributed by atoms with Crippen LogP contribution < -0.4 is 4.74 Å². The van der Waals surface area contributed by atoms with Gasteiger partial charge in [0.2, 0.25) is 0 Å². The molecule has 1 fully saturated rings. The molecule has 0 unspecified atom stereocenters. The molecule has 0 radical (unpaired) electrons. The standard InChI is InChI=1S/C32H33F4NO/c1-38-30-19-26(32(34,35)36)14-15-28(30)29-9-4-7-24-6-2-3-8-27(24)31(29)25-12-10-22(11-13-25)18-23-20-37(21-23)17-5-16-33/h2-3,6,8,10-15,19,23H,4-5,7,9,16-18,20-21H2,1H3. The second kappa shape index (κ2) is 11.3. The highest BCUT2D eigenvalue weighted by molar-refractivity contribution is 6.00. The van der Waals surface area contributed by atoms with E-state index in [0.29, 0.717) is 17.9 Å². The number of allylic oxidation sites excluding steroid dienone is 1. The Bertz CT molecular complexity index is 1290. The minimum atomic E-state index is -4.43. The van der Waals surface area contributed by atoms with E-state index in [1.165, 1.54) is 18.2 Å². The van der Waals surface area contributed by atoms with E-state index >= 15 is 0 Å². The second-order valence-corrected chi connectivity index (χ2v) is 10.3. The van der Waals surface area contributed by atoms with Crippen molar-refractivity contribution in [3.05, 3.63) is 100 Å². The lowest BCUT2D eigenvalue weighted by Crippen LogP contribution is -2.47. The Morgan fingerprint density at radius 1 is 0.921 bits per heavy atom. The first-order valence-electron chi connectivity index (χ1n) is 13.3. The van der Waals surface area contributed by atoms with Crippen LogP contribution in [0.5, 0.6) is 5.75 Å². The molecule has 0 bridgehead atoms. The van der Waals surface area contributed by atoms with E-state index in [4.69, 9.17) is 4.74 Å². The lowest BCUT2D eigenvalue weighted by molar-refractivity contribution is -0.137. The van der Waals surface area contributed by atoms with Gasteiger partial charge in [-0.2, -0.15) is 13.2 Å². The van der Waals surface area contributed by atoms with Crippen molar-refractivity contribution in [1.82, 2.24) is 4.90 Å². The average molecular weight is 524 g/mol. The van der Waals surface area contributed by atoms with Crippen LogP contribution in [-0.2, 0) is 19.0 Å². The largest absolute Gasteiger partial charge is 0.496 e. The Balaban J connectivity index is 1.51. The first kappa shape index (κ1) is 26.5. The highest BCUT2D eigenvalue weighted by atomic mass is 19.4. The number of hydrogen-bond donors (Lipinski definition) is 0. The monoisotopic (exact) mass is 523 g/mol. The minimum absolute atomic E-state index is 0.241. The molecule has 2 aliphatic rings. The molecule has 38 heavy (non-hydrogen) atoms. The summed E-state index contributed by atoms with van der Waals surface area (Å²) < 4.78 is 58.2. The predicted molar refractivity (Wildman–Crippen MR) is 144 cm³/mol. The van der Waals surface area contributed by atoms with Gasteiger partial charge in [-0.15, -0.1) is 0 Å². The van der Waals surface area contributed by atoms with Gasteiger partial charge in [-0.05, 0) is 83.6 Å². The van der Waals surface area contributed by atoms with E-state index in [1.54, 1.807) is 6.07 Å². The third kappa shape index (κ3) is 5.65. The number of methoxy groups -OCH3 is 1. The van der Waals surface area contributed by atoms with Gasteiger partial charge in [0, 0.05) is 25.2 Å². The molecule has 1 aliphatic carbocycles. The molecule has 3 aromatic rings. The van der Waals surface area contributed by atoms with Crippen molar-refractivity contribution >= 4 is 11.1 Å². The van der Waals surface area contributed by atoms with E-state index in [-0.39, 0.29) is 12.4 Å². The van der Waals surface area contributed by atoms with Gasteiger partial charge in [-0.25, -0.2) is 0 Å². The van der Waals surface area contributed by atoms with Gasteiger partial charge in [0.05, 0.1) is 19.3 Å². The van der Waals surface area contributed by atoms with Gasteiger partial charge in [-0.1, -0.05) is 54.6 Å². The van der Waals surface area contributed by atoms with Crippen LogP contribution in [0.4, 0.5) is 17.6 Å². The smallest absolute Gasteiger partial charge is 0.416 e. The fourth-order valence-electron chi connectivity index (χ4n) is 5.85. The number of alkyl halides is 4. The van der Waals surface area contributed by atoms with E-state index in [0.717, 1.165) is 79.7 Å². The summed E-state index contributed by atoms with van der Waals surface area (Å²) in [6.45, 7) is 2.59. The predicted octanol–water partition coefficient (Wildman–Crippen LogP) is 7.84. The number of nitrogens with zero attached hydrogens (tertiary/aromatic N) is 1. The fourth-order valence-corrected chi connectivity index (χ4v) is 5.85. The van der Waals surface area contributed by atoms with E-state index in [9.17, 15) is 17.6 Å². The first-order valence-corrected chi connectivity index (χ1v) is 13.3. The average Bonchev–Trinajstić information content (AvgIpc) is 3.09. The van der Waals surface area contributed by atoms with Crippen LogP contribution >= 0.6 is 0 Å². The van der Waals surface area contributed by atoms with Crippen molar-refractivity contribution < 1.29 is 22.3 Å². The van der Waals surface area contributed by atoms with Crippen LogP contribution in [0.15, 0.2) is 66.7 Å². The molecule has 0 N–H and O–H groups in total. The van der Waals surface area contributed by atoms with Crippen LogP contribution in [0.1, 0.15) is 52.6 Å². The summed E-state index contributed by atoms with van der Waals surface area (Å²) in [5, 5.41) is 0. The summed E-state index contributed by atoms with van der Waals surface area (Å²) in [5.41, 5.74) is 6.75. The zero-order valence-corrected chi connectivity index (χ0v) is 21.7. The number of ether oxygens (including phenoxy) is 1. The summed E-state index contributed by atoms with van der Waals surface area (Å²) in [6.07, 6.45) is -0.293. The number of aryl methyl sites for hydroxylation is 1. The number of likely N-dealkylation sites (tertiary alicyclic amines) is 1. The van der Waals surface area contributed by atoms with Gasteiger partial charge >= 0.3 is 6.18 Å². The molecule has 2 nitrogen and oxygen atoms in total. The molecule has 1 heterocycles. The minimum Gasteiger partial charge on any atom is -0.496 e. The normalized spacial score (nSPS) is 16.7. The zero-order chi connectivity index (χ0) is 26.7. The molecule has 200 valence electrons. The Morgan fingerprint density at radius 3 is 2.39 bits per heavy atom. The maximum absolute atomic E-state index is 13.4. The Kier molecular flexibility index (Phi) is 7.89. The lowest BCUT2D eigenvalue weighted by Gasteiger charge is -2.39. The summed E-state index contributed by atoms with van der Waals surface area (Å²) in [7, 11) is 1.43. The number of benzene rings is 3. The highest BCUT2D eigenvalue weighted by Gasteiger charge is 2.32. The van der Waals surface area contributed by atoms with E-state index in [2.05, 4.69) is 41.3 Å². The first-order chi connectivity index (χ1) is 18.4. The van der Waals surface area contributed by atoms with Crippen LogP contribution in [0, 0.1) is 5.92 Å². The Labute approximate surface area is 221 Å². The van der Waals surface area contributed by atoms with Crippen molar-refractivity contribution in [1.29, 1.82) is 0 Å². The quantitative estimate of drug-likeness (QED) is 0.279. The van der Waals surface area contributed by atoms with Gasteiger partial charge in [0.15, 0.2) is 0 Å². The second-order valence-electron chi connectivity index (χ2n) is 10.3. The maximum atomic E-state index is 13.4. The molecular formula is C32H33F4NO. The van der Waals surface area contributed by atoms with Crippen molar-refractivity contribution in [2.75, 3.05) is 33.4 Å². The number of rotatable bonds is 8. The van der Waals surface area contributed by atoms with Crippen LogP contribution in [0.3, 0.4) is 0 Å². The molecule has 0 atom stereocenters. The molecule has 1 aliphatic heterocycles. The number of hydrogen-bond acceptors (Lipinski definition) is 2. The molecule has 0 amide bonds. The molecule has 6 heteroatoms. The Hall–Kier alpha value is -3.12. The summed E-state index contributed by atoms with van der Waals surface area (Å²) in [5.74, 6) is 0.830. The van der Waals surface area contributed by atoms with E-state index in [1.807, 2.05) is 12.1 Å². The van der Waals surface area contributed by atoms with Gasteiger partial charge < -0.3 is 9.64 Å². The van der Waals surface area contributed by atoms with Crippen LogP contribution in [-0.4, -0.2) is 38.3 Å². The summed E-state index contributed by atoms with van der Waals surface area (Å²) in [4.78, 5) is 2.30. The third-order valence-electron chi connectivity index (χ3n) is 7.72. The molecule has 0 aromatic heterocycles.